The largest absolute Gasteiger partial charge is 0.334 e. The number of fused-ring (bicyclic) bond motifs is 1. The molecular formula is C21H32N2O2. The maximum atomic E-state index is 12.8. The summed E-state index contributed by atoms with van der Waals surface area (Å²) in [4.78, 5) is 28.8. The minimum Gasteiger partial charge on any atom is -0.334 e. The van der Waals surface area contributed by atoms with Crippen LogP contribution in [0.25, 0.3) is 0 Å². The van der Waals surface area contributed by atoms with Crippen molar-refractivity contribution in [3.8, 4) is 0 Å². The molecule has 2 amide bonds. The Bertz CT molecular complexity index is 585. The number of carbonyl (C=O) groups excluding carboxylic acids is 2. The molecule has 1 aliphatic heterocycles. The number of carbonyl (C=O) groups is 2. The molecule has 0 fully saturated rings. The molecule has 1 aromatic rings. The zero-order valence-corrected chi connectivity index (χ0v) is 16.0. The summed E-state index contributed by atoms with van der Waals surface area (Å²) in [6.07, 6.45) is 5.79. The lowest BCUT2D eigenvalue weighted by atomic mass is 9.93. The third-order valence-corrected chi connectivity index (χ3v) is 5.22. The normalized spacial score (nSPS) is 16.4. The molecular weight excluding hydrogens is 312 g/mol. The van der Waals surface area contributed by atoms with Gasteiger partial charge in [0.2, 0.25) is 11.8 Å². The van der Waals surface area contributed by atoms with Gasteiger partial charge in [0.1, 0.15) is 0 Å². The Morgan fingerprint density at radius 1 is 1.16 bits per heavy atom. The number of rotatable bonds is 8. The van der Waals surface area contributed by atoms with E-state index in [9.17, 15) is 9.59 Å². The standard InChI is InChI=1S/C21H32N2O2/c1-4-6-7-8-13-20(24)22(5-2)16-21(25)23-15-14-18-11-9-10-12-19(18)17(23)3/h9-12,17H,4-8,13-16H2,1-3H3. The summed E-state index contributed by atoms with van der Waals surface area (Å²) >= 11 is 0. The Balaban J connectivity index is 1.92. The number of unbranched alkanes of at least 4 members (excludes halogenated alkanes) is 3. The predicted molar refractivity (Wildman–Crippen MR) is 101 cm³/mol. The van der Waals surface area contributed by atoms with E-state index in [1.807, 2.05) is 17.9 Å². The highest BCUT2D eigenvalue weighted by Crippen LogP contribution is 2.29. The smallest absolute Gasteiger partial charge is 0.242 e. The van der Waals surface area contributed by atoms with Crippen LogP contribution in [0.4, 0.5) is 0 Å². The molecule has 0 spiro atoms. The zero-order valence-electron chi connectivity index (χ0n) is 16.0. The van der Waals surface area contributed by atoms with Gasteiger partial charge in [-0.25, -0.2) is 0 Å². The van der Waals surface area contributed by atoms with Crippen LogP contribution >= 0.6 is 0 Å². The summed E-state index contributed by atoms with van der Waals surface area (Å²) < 4.78 is 0. The van der Waals surface area contributed by atoms with Gasteiger partial charge in [-0.15, -0.1) is 0 Å². The highest BCUT2D eigenvalue weighted by atomic mass is 16.2. The van der Waals surface area contributed by atoms with Crippen LogP contribution in [-0.2, 0) is 16.0 Å². The summed E-state index contributed by atoms with van der Waals surface area (Å²) in [5, 5.41) is 0. The van der Waals surface area contributed by atoms with Crippen LogP contribution in [0.3, 0.4) is 0 Å². The average molecular weight is 344 g/mol. The fourth-order valence-corrected chi connectivity index (χ4v) is 3.60. The van der Waals surface area contributed by atoms with E-state index in [0.717, 1.165) is 25.8 Å². The lowest BCUT2D eigenvalue weighted by Crippen LogP contribution is -2.46. The van der Waals surface area contributed by atoms with E-state index < -0.39 is 0 Å². The van der Waals surface area contributed by atoms with Crippen molar-refractivity contribution >= 4 is 11.8 Å². The quantitative estimate of drug-likeness (QED) is 0.670. The minimum atomic E-state index is 0.0609. The van der Waals surface area contributed by atoms with Crippen molar-refractivity contribution in [2.75, 3.05) is 19.6 Å². The zero-order chi connectivity index (χ0) is 18.2. The van der Waals surface area contributed by atoms with Gasteiger partial charge in [-0.3, -0.25) is 9.59 Å². The number of amides is 2. The summed E-state index contributed by atoms with van der Waals surface area (Å²) in [6, 6.07) is 8.42. The minimum absolute atomic E-state index is 0.0609. The molecule has 25 heavy (non-hydrogen) atoms. The van der Waals surface area contributed by atoms with Crippen molar-refractivity contribution in [2.45, 2.75) is 65.3 Å². The van der Waals surface area contributed by atoms with E-state index in [1.165, 1.54) is 24.0 Å². The molecule has 0 aliphatic carbocycles. The van der Waals surface area contributed by atoms with Gasteiger partial charge in [-0.1, -0.05) is 50.5 Å². The highest BCUT2D eigenvalue weighted by Gasteiger charge is 2.28. The molecule has 0 saturated heterocycles. The molecule has 4 heteroatoms. The first-order valence-electron chi connectivity index (χ1n) is 9.73. The van der Waals surface area contributed by atoms with Crippen molar-refractivity contribution in [3.05, 3.63) is 35.4 Å². The number of likely N-dealkylation sites (N-methyl/N-ethyl adjacent to an activating group) is 1. The summed E-state index contributed by atoms with van der Waals surface area (Å²) in [5.41, 5.74) is 2.56. The molecule has 0 N–H and O–H groups in total. The maximum Gasteiger partial charge on any atom is 0.242 e. The molecule has 2 rings (SSSR count). The van der Waals surface area contributed by atoms with Gasteiger partial charge < -0.3 is 9.80 Å². The van der Waals surface area contributed by atoms with Crippen molar-refractivity contribution in [2.24, 2.45) is 0 Å². The number of nitrogens with zero attached hydrogens (tertiary/aromatic N) is 2. The third kappa shape index (κ3) is 5.07. The molecule has 1 heterocycles. The number of hydrogen-bond acceptors (Lipinski definition) is 2. The molecule has 0 saturated carbocycles. The van der Waals surface area contributed by atoms with Gasteiger partial charge in [-0.2, -0.15) is 0 Å². The van der Waals surface area contributed by atoms with Crippen LogP contribution in [0.1, 0.15) is 70.0 Å². The fraction of sp³-hybridized carbons (Fsp3) is 0.619. The van der Waals surface area contributed by atoms with Crippen LogP contribution in [0.2, 0.25) is 0 Å². The van der Waals surface area contributed by atoms with E-state index >= 15 is 0 Å². The molecule has 1 aromatic carbocycles. The number of benzene rings is 1. The topological polar surface area (TPSA) is 40.6 Å². The molecule has 1 aliphatic rings. The van der Waals surface area contributed by atoms with Crippen LogP contribution in [-0.4, -0.2) is 41.2 Å². The van der Waals surface area contributed by atoms with Crippen molar-refractivity contribution in [3.63, 3.8) is 0 Å². The van der Waals surface area contributed by atoms with Gasteiger partial charge in [0, 0.05) is 19.5 Å². The highest BCUT2D eigenvalue weighted by molar-refractivity contribution is 5.85. The van der Waals surface area contributed by atoms with E-state index in [2.05, 4.69) is 32.0 Å². The molecule has 1 unspecified atom stereocenters. The SMILES string of the molecule is CCCCCCC(=O)N(CC)CC(=O)N1CCc2ccccc2C1C. The summed E-state index contributed by atoms with van der Waals surface area (Å²) in [6.45, 7) is 7.73. The van der Waals surface area contributed by atoms with Gasteiger partial charge >= 0.3 is 0 Å². The Morgan fingerprint density at radius 3 is 2.64 bits per heavy atom. The van der Waals surface area contributed by atoms with E-state index in [1.54, 1.807) is 4.90 Å². The Kier molecular flexibility index (Phi) is 7.48. The molecule has 4 nitrogen and oxygen atoms in total. The first-order valence-corrected chi connectivity index (χ1v) is 9.73. The van der Waals surface area contributed by atoms with Gasteiger partial charge in [0.25, 0.3) is 0 Å². The van der Waals surface area contributed by atoms with Crippen molar-refractivity contribution in [1.29, 1.82) is 0 Å². The molecule has 1 atom stereocenters. The second-order valence-electron chi connectivity index (χ2n) is 6.93. The second-order valence-corrected chi connectivity index (χ2v) is 6.93. The van der Waals surface area contributed by atoms with Crippen LogP contribution < -0.4 is 0 Å². The van der Waals surface area contributed by atoms with Crippen molar-refractivity contribution in [1.82, 2.24) is 9.80 Å². The Morgan fingerprint density at radius 2 is 1.92 bits per heavy atom. The van der Waals surface area contributed by atoms with Crippen LogP contribution in [0.5, 0.6) is 0 Å². The monoisotopic (exact) mass is 344 g/mol. The van der Waals surface area contributed by atoms with Gasteiger partial charge in [0.15, 0.2) is 0 Å². The first kappa shape index (κ1) is 19.5. The average Bonchev–Trinajstić information content (AvgIpc) is 2.63. The predicted octanol–water partition coefficient (Wildman–Crippen LogP) is 3.95. The lowest BCUT2D eigenvalue weighted by molar-refractivity contribution is -0.142. The van der Waals surface area contributed by atoms with Gasteiger partial charge in [0.05, 0.1) is 12.6 Å². The van der Waals surface area contributed by atoms with E-state index in [-0.39, 0.29) is 24.4 Å². The Labute approximate surface area is 152 Å². The third-order valence-electron chi connectivity index (χ3n) is 5.22. The van der Waals surface area contributed by atoms with Crippen LogP contribution in [0, 0.1) is 0 Å². The maximum absolute atomic E-state index is 12.8. The Hall–Kier alpha value is -1.84. The fourth-order valence-electron chi connectivity index (χ4n) is 3.60. The first-order chi connectivity index (χ1) is 12.1. The molecule has 0 bridgehead atoms. The van der Waals surface area contributed by atoms with Crippen LogP contribution in [0.15, 0.2) is 24.3 Å². The lowest BCUT2D eigenvalue weighted by Gasteiger charge is -2.36. The molecule has 0 radical (unpaired) electrons. The molecule has 0 aromatic heterocycles. The molecule has 138 valence electrons. The summed E-state index contributed by atoms with van der Waals surface area (Å²) in [5.74, 6) is 0.169. The van der Waals surface area contributed by atoms with E-state index in [0.29, 0.717) is 13.0 Å². The van der Waals surface area contributed by atoms with Crippen molar-refractivity contribution < 1.29 is 9.59 Å². The van der Waals surface area contributed by atoms with Gasteiger partial charge in [-0.05, 0) is 37.8 Å². The van der Waals surface area contributed by atoms with E-state index in [4.69, 9.17) is 0 Å². The second kappa shape index (κ2) is 9.59. The summed E-state index contributed by atoms with van der Waals surface area (Å²) in [7, 11) is 0. The number of hydrogen-bond donors (Lipinski definition) is 0.